The summed E-state index contributed by atoms with van der Waals surface area (Å²) in [5.41, 5.74) is 0.658. The van der Waals surface area contributed by atoms with Gasteiger partial charge in [0, 0.05) is 32.3 Å². The average molecular weight is 321 g/mol. The lowest BCUT2D eigenvalue weighted by atomic mass is 10.2. The van der Waals surface area contributed by atoms with Gasteiger partial charge in [-0.25, -0.2) is 4.98 Å². The highest BCUT2D eigenvalue weighted by Gasteiger charge is 2.23. The fraction of sp³-hybridized carbons (Fsp3) is 0.625. The first-order valence-corrected chi connectivity index (χ1v) is 8.13. The zero-order valence-corrected chi connectivity index (χ0v) is 13.2. The number of carbonyl (C=O) groups excluding carboxylic acids is 1. The van der Waals surface area contributed by atoms with E-state index in [0.29, 0.717) is 24.8 Å². The van der Waals surface area contributed by atoms with Gasteiger partial charge in [-0.3, -0.25) is 9.69 Å². The van der Waals surface area contributed by atoms with E-state index in [1.807, 2.05) is 0 Å². The molecule has 3 rings (SSSR count). The Balaban J connectivity index is 1.40. The molecular weight excluding hydrogens is 298 g/mol. The minimum Gasteiger partial charge on any atom is -0.476 e. The molecule has 7 heteroatoms. The van der Waals surface area contributed by atoms with E-state index in [2.05, 4.69) is 15.2 Å². The molecule has 0 bridgehead atoms. The van der Waals surface area contributed by atoms with Gasteiger partial charge in [-0.2, -0.15) is 0 Å². The van der Waals surface area contributed by atoms with Gasteiger partial charge in [0.05, 0.1) is 25.1 Å². The van der Waals surface area contributed by atoms with Gasteiger partial charge < -0.3 is 19.5 Å². The molecule has 0 radical (unpaired) electrons. The number of ether oxygens (including phenoxy) is 3. The highest BCUT2D eigenvalue weighted by atomic mass is 16.5. The van der Waals surface area contributed by atoms with E-state index in [9.17, 15) is 4.79 Å². The summed E-state index contributed by atoms with van der Waals surface area (Å²) in [4.78, 5) is 18.5. The number of aromatic nitrogens is 1. The SMILES string of the molecule is O=C(Nc1ccc(OCCN2CCOCC2)nc1)C1CCCO1. The number of nitrogens with zero attached hydrogens (tertiary/aromatic N) is 2. The van der Waals surface area contributed by atoms with E-state index in [0.717, 1.165) is 45.7 Å². The number of nitrogens with one attached hydrogen (secondary N) is 1. The van der Waals surface area contributed by atoms with Crippen LogP contribution in [0.15, 0.2) is 18.3 Å². The predicted octanol–water partition coefficient (Wildman–Crippen LogP) is 0.910. The molecule has 2 aliphatic heterocycles. The van der Waals surface area contributed by atoms with Crippen LogP contribution in [-0.4, -0.2) is 68.0 Å². The summed E-state index contributed by atoms with van der Waals surface area (Å²) in [6.45, 7) is 5.59. The fourth-order valence-electron chi connectivity index (χ4n) is 2.65. The molecule has 0 saturated carbocycles. The Kier molecular flexibility index (Phi) is 5.79. The van der Waals surface area contributed by atoms with E-state index in [1.54, 1.807) is 18.3 Å². The lowest BCUT2D eigenvalue weighted by Crippen LogP contribution is -2.38. The van der Waals surface area contributed by atoms with Crippen molar-refractivity contribution in [2.75, 3.05) is 51.4 Å². The molecule has 3 heterocycles. The molecule has 1 unspecified atom stereocenters. The van der Waals surface area contributed by atoms with Gasteiger partial charge in [0.15, 0.2) is 0 Å². The van der Waals surface area contributed by atoms with Crippen LogP contribution in [0.25, 0.3) is 0 Å². The molecule has 1 atom stereocenters. The number of anilines is 1. The van der Waals surface area contributed by atoms with Crippen LogP contribution in [0.2, 0.25) is 0 Å². The van der Waals surface area contributed by atoms with E-state index < -0.39 is 0 Å². The number of hydrogen-bond donors (Lipinski definition) is 1. The molecule has 0 aliphatic carbocycles. The molecular formula is C16H23N3O4. The minimum absolute atomic E-state index is 0.106. The topological polar surface area (TPSA) is 72.9 Å². The van der Waals surface area contributed by atoms with Crippen molar-refractivity contribution in [3.63, 3.8) is 0 Å². The lowest BCUT2D eigenvalue weighted by Gasteiger charge is -2.26. The van der Waals surface area contributed by atoms with Crippen molar-refractivity contribution in [3.05, 3.63) is 18.3 Å². The molecule has 1 aromatic rings. The van der Waals surface area contributed by atoms with Crippen LogP contribution < -0.4 is 10.1 Å². The number of carbonyl (C=O) groups is 1. The second-order valence-corrected chi connectivity index (χ2v) is 5.68. The quantitative estimate of drug-likeness (QED) is 0.840. The van der Waals surface area contributed by atoms with E-state index in [4.69, 9.17) is 14.2 Å². The van der Waals surface area contributed by atoms with Crippen molar-refractivity contribution in [3.8, 4) is 5.88 Å². The number of pyridine rings is 1. The van der Waals surface area contributed by atoms with Crippen molar-refractivity contribution in [1.29, 1.82) is 0 Å². The van der Waals surface area contributed by atoms with Gasteiger partial charge in [-0.15, -0.1) is 0 Å². The Morgan fingerprint density at radius 2 is 2.22 bits per heavy atom. The first-order valence-electron chi connectivity index (χ1n) is 8.13. The first-order chi connectivity index (χ1) is 11.3. The van der Waals surface area contributed by atoms with Crippen LogP contribution in [0.4, 0.5) is 5.69 Å². The second kappa shape index (κ2) is 8.24. The van der Waals surface area contributed by atoms with Crippen molar-refractivity contribution >= 4 is 11.6 Å². The predicted molar refractivity (Wildman–Crippen MR) is 84.6 cm³/mol. The molecule has 2 aliphatic rings. The van der Waals surface area contributed by atoms with Gasteiger partial charge in [0.25, 0.3) is 5.91 Å². The molecule has 2 saturated heterocycles. The molecule has 23 heavy (non-hydrogen) atoms. The third kappa shape index (κ3) is 4.89. The number of rotatable bonds is 6. The van der Waals surface area contributed by atoms with E-state index >= 15 is 0 Å². The van der Waals surface area contributed by atoms with Crippen LogP contribution in [-0.2, 0) is 14.3 Å². The lowest BCUT2D eigenvalue weighted by molar-refractivity contribution is -0.124. The van der Waals surface area contributed by atoms with Gasteiger partial charge in [-0.05, 0) is 18.9 Å². The largest absolute Gasteiger partial charge is 0.476 e. The smallest absolute Gasteiger partial charge is 0.253 e. The Labute approximate surface area is 135 Å². The molecule has 1 aromatic heterocycles. The zero-order chi connectivity index (χ0) is 15.9. The number of hydrogen-bond acceptors (Lipinski definition) is 6. The van der Waals surface area contributed by atoms with Crippen molar-refractivity contribution in [2.24, 2.45) is 0 Å². The van der Waals surface area contributed by atoms with Crippen molar-refractivity contribution in [1.82, 2.24) is 9.88 Å². The monoisotopic (exact) mass is 321 g/mol. The summed E-state index contributed by atoms with van der Waals surface area (Å²) in [5.74, 6) is 0.457. The summed E-state index contributed by atoms with van der Waals surface area (Å²) >= 11 is 0. The molecule has 2 fully saturated rings. The van der Waals surface area contributed by atoms with Gasteiger partial charge in [0.1, 0.15) is 12.7 Å². The maximum absolute atomic E-state index is 11.9. The maximum Gasteiger partial charge on any atom is 0.253 e. The molecule has 7 nitrogen and oxygen atoms in total. The molecule has 0 spiro atoms. The minimum atomic E-state index is -0.334. The summed E-state index contributed by atoms with van der Waals surface area (Å²) in [7, 11) is 0. The highest BCUT2D eigenvalue weighted by Crippen LogP contribution is 2.16. The van der Waals surface area contributed by atoms with Gasteiger partial charge in [0.2, 0.25) is 5.88 Å². The zero-order valence-electron chi connectivity index (χ0n) is 13.2. The second-order valence-electron chi connectivity index (χ2n) is 5.68. The third-order valence-corrected chi connectivity index (χ3v) is 3.99. The fourth-order valence-corrected chi connectivity index (χ4v) is 2.65. The molecule has 1 amide bonds. The third-order valence-electron chi connectivity index (χ3n) is 3.99. The number of amides is 1. The van der Waals surface area contributed by atoms with Crippen LogP contribution in [0, 0.1) is 0 Å². The van der Waals surface area contributed by atoms with Crippen LogP contribution >= 0.6 is 0 Å². The molecule has 0 aromatic carbocycles. The van der Waals surface area contributed by atoms with E-state index in [1.165, 1.54) is 0 Å². The van der Waals surface area contributed by atoms with E-state index in [-0.39, 0.29) is 12.0 Å². The highest BCUT2D eigenvalue weighted by molar-refractivity contribution is 5.94. The van der Waals surface area contributed by atoms with Crippen LogP contribution in [0.3, 0.4) is 0 Å². The standard InChI is InChI=1S/C16H23N3O4/c20-16(14-2-1-8-22-14)18-13-3-4-15(17-12-13)23-11-7-19-5-9-21-10-6-19/h3-4,12,14H,1-2,5-11H2,(H,18,20). The Morgan fingerprint density at radius 3 is 2.91 bits per heavy atom. The normalized spacial score (nSPS) is 22.0. The van der Waals surface area contributed by atoms with Gasteiger partial charge in [-0.1, -0.05) is 0 Å². The molecule has 126 valence electrons. The average Bonchev–Trinajstić information content (AvgIpc) is 3.12. The van der Waals surface area contributed by atoms with Gasteiger partial charge >= 0.3 is 0 Å². The summed E-state index contributed by atoms with van der Waals surface area (Å²) in [5, 5.41) is 2.81. The summed E-state index contributed by atoms with van der Waals surface area (Å²) < 4.78 is 16.3. The van der Waals surface area contributed by atoms with Crippen molar-refractivity contribution in [2.45, 2.75) is 18.9 Å². The Bertz CT molecular complexity index is 497. The first kappa shape index (κ1) is 16.2. The Morgan fingerprint density at radius 1 is 1.35 bits per heavy atom. The van der Waals surface area contributed by atoms with Crippen molar-refractivity contribution < 1.29 is 19.0 Å². The Hall–Kier alpha value is -1.70. The molecule has 1 N–H and O–H groups in total. The van der Waals surface area contributed by atoms with Crippen LogP contribution in [0.5, 0.6) is 5.88 Å². The van der Waals surface area contributed by atoms with Crippen LogP contribution in [0.1, 0.15) is 12.8 Å². The summed E-state index contributed by atoms with van der Waals surface area (Å²) in [6, 6.07) is 3.56. The maximum atomic E-state index is 11.9. The number of morpholine rings is 1. The summed E-state index contributed by atoms with van der Waals surface area (Å²) in [6.07, 6.45) is 2.99.